The molecule has 30 heteroatoms. The van der Waals surface area contributed by atoms with E-state index < -0.39 is 228 Å². The summed E-state index contributed by atoms with van der Waals surface area (Å²) in [6.07, 6.45) is -2.12. The number of nitrogens with two attached hydrogens (primary N) is 1. The number of carbonyl (C=O) groups is 13. The smallest absolute Gasteiger partial charge is 0.280 e. The fourth-order valence-corrected chi connectivity index (χ4v) is 13.4. The van der Waals surface area contributed by atoms with Crippen LogP contribution >= 0.6 is 0 Å². The summed E-state index contributed by atoms with van der Waals surface area (Å²) in [5.74, 6) is -16.8. The number of nitrogens with zero attached hydrogens (tertiary/aromatic N) is 4. The van der Waals surface area contributed by atoms with Gasteiger partial charge >= 0.3 is 0 Å². The number of phenols is 1. The van der Waals surface area contributed by atoms with E-state index in [-0.39, 0.29) is 63.7 Å². The molecule has 1 saturated heterocycles. The van der Waals surface area contributed by atoms with Crippen LogP contribution in [-0.4, -0.2) is 189 Å². The number of rotatable bonds is 19. The Hall–Kier alpha value is -9.03. The highest BCUT2D eigenvalue weighted by Crippen LogP contribution is 2.34. The van der Waals surface area contributed by atoms with Gasteiger partial charge in [0.2, 0.25) is 35.4 Å². The van der Waals surface area contributed by atoms with E-state index in [0.717, 1.165) is 21.9 Å². The number of aromatic nitrogens is 1. The van der Waals surface area contributed by atoms with Gasteiger partial charge < -0.3 is 52.2 Å². The van der Waals surface area contributed by atoms with Crippen LogP contribution in [0.3, 0.4) is 0 Å². The molecule has 92 heavy (non-hydrogen) atoms. The van der Waals surface area contributed by atoms with Crippen molar-refractivity contribution in [3.05, 3.63) is 75.4 Å². The molecule has 0 saturated carbocycles. The van der Waals surface area contributed by atoms with Crippen LogP contribution in [0.25, 0.3) is 10.9 Å². The van der Waals surface area contributed by atoms with E-state index in [9.17, 15) is 83.0 Å². The average molecular weight is 1300 g/mol. The normalized spacial score (nSPS) is 25.0. The zero-order valence-corrected chi connectivity index (χ0v) is 52.1. The number of nitro benzene ring substituents is 1. The van der Waals surface area contributed by atoms with Crippen molar-refractivity contribution in [1.82, 2.24) is 36.1 Å². The number of aliphatic hydroxyl groups excluding tert-OH is 2. The molecule has 494 valence electrons. The summed E-state index contributed by atoms with van der Waals surface area (Å²) in [5.41, 5.74) is 2.93. The Morgan fingerprint density at radius 1 is 0.902 bits per heavy atom. The molecule has 3 aromatic rings. The second-order valence-electron chi connectivity index (χ2n) is 24.0. The quantitative estimate of drug-likeness (QED) is 0.0195. The van der Waals surface area contributed by atoms with Crippen molar-refractivity contribution >= 4 is 109 Å². The number of aliphatic hydroxyl groups is 2. The van der Waals surface area contributed by atoms with Crippen molar-refractivity contribution in [1.29, 1.82) is 0 Å². The molecule has 0 aliphatic carbocycles. The van der Waals surface area contributed by atoms with E-state index in [4.69, 9.17) is 5.73 Å². The van der Waals surface area contributed by atoms with Gasteiger partial charge in [0.15, 0.2) is 17.3 Å². The number of nitrogens with one attached hydrogen (secondary N) is 5. The Bertz CT molecular complexity index is 3560. The maximum atomic E-state index is 15.4. The summed E-state index contributed by atoms with van der Waals surface area (Å²) in [7, 11) is -2.39. The highest BCUT2D eigenvalue weighted by Gasteiger charge is 2.46. The van der Waals surface area contributed by atoms with Gasteiger partial charge in [-0.15, -0.1) is 0 Å². The monoisotopic (exact) mass is 1300 g/mol. The number of Topliss-reactive ketones (excluding diaryl/α,β-unsaturated/α-hetero) is 5. The number of ketones is 5. The number of unbranched alkanes of at least 4 members (excludes halogenated alkanes) is 2. The third-order valence-electron chi connectivity index (χ3n) is 17.5. The van der Waals surface area contributed by atoms with Crippen LogP contribution in [0.15, 0.2) is 58.6 Å². The summed E-state index contributed by atoms with van der Waals surface area (Å²) in [4.78, 5) is 201. The lowest BCUT2D eigenvalue weighted by atomic mass is 9.82. The van der Waals surface area contributed by atoms with E-state index in [1.54, 1.807) is 13.8 Å². The first kappa shape index (κ1) is 70.4. The van der Waals surface area contributed by atoms with Crippen LogP contribution in [0.1, 0.15) is 120 Å². The van der Waals surface area contributed by atoms with Gasteiger partial charge in [0.1, 0.15) is 46.5 Å². The maximum absolute atomic E-state index is 15.4. The SMILES string of the molecule is CC[C@@H](C)[C@]1(C)NC(=O)CCC(=O)[C@H]2CC(=O)[C@H]([C@H](C)C(CO)=NCC(=O)c3ccc(CC(=O)CCCCCN4C(=O)C=CC4=O)cc3[N+](=O)[O-])NC(=O)[C@@H]3C[C@@H](O)CN3C(=O)[C@H](CC(N)=O)NC(=O)[C@H](CC(=O)CNC1=O)CS(=O)c1[nH]c3cc(O)ccc3c1C2. The minimum Gasteiger partial charge on any atom is -0.508 e. The number of carbonyl (C=O) groups excluding carboxylic acids is 13. The molecule has 4 aliphatic heterocycles. The first-order valence-electron chi connectivity index (χ1n) is 30.3. The maximum Gasteiger partial charge on any atom is 0.280 e. The van der Waals surface area contributed by atoms with E-state index in [0.29, 0.717) is 25.7 Å². The number of benzene rings is 2. The van der Waals surface area contributed by atoms with Crippen molar-refractivity contribution in [3.8, 4) is 5.75 Å². The minimum atomic E-state index is -2.39. The summed E-state index contributed by atoms with van der Waals surface area (Å²) in [6.45, 7) is 3.12. The molecule has 29 nitrogen and oxygen atoms in total. The van der Waals surface area contributed by atoms with Crippen LogP contribution in [0.2, 0.25) is 0 Å². The Morgan fingerprint density at radius 3 is 2.29 bits per heavy atom. The second-order valence-corrected chi connectivity index (χ2v) is 25.4. The zero-order chi connectivity index (χ0) is 67.5. The number of aromatic amines is 1. The molecule has 1 aromatic heterocycles. The number of aromatic hydroxyl groups is 1. The van der Waals surface area contributed by atoms with Gasteiger partial charge in [0, 0.05) is 111 Å². The Labute approximate surface area is 530 Å². The molecule has 0 radical (unpaired) electrons. The molecule has 0 spiro atoms. The van der Waals surface area contributed by atoms with Gasteiger partial charge in [0.05, 0.1) is 64.4 Å². The van der Waals surface area contributed by atoms with Crippen LogP contribution in [0.5, 0.6) is 5.75 Å². The van der Waals surface area contributed by atoms with Crippen LogP contribution in [-0.2, 0) is 81.2 Å². The van der Waals surface area contributed by atoms with Gasteiger partial charge in [-0.3, -0.25) is 86.5 Å². The van der Waals surface area contributed by atoms with Crippen molar-refractivity contribution in [2.45, 2.75) is 146 Å². The van der Waals surface area contributed by atoms with E-state index in [1.165, 1.54) is 50.3 Å². The first-order valence-corrected chi connectivity index (χ1v) is 31.6. The number of hydrogen-bond acceptors (Lipinski definition) is 20. The first-order chi connectivity index (χ1) is 43.5. The predicted molar refractivity (Wildman–Crippen MR) is 327 cm³/mol. The largest absolute Gasteiger partial charge is 0.508 e. The lowest BCUT2D eigenvalue weighted by molar-refractivity contribution is -0.385. The molecule has 7 rings (SSSR count). The van der Waals surface area contributed by atoms with Crippen molar-refractivity contribution < 1.29 is 86.8 Å². The average Bonchev–Trinajstić information content (AvgIpc) is 1.65. The zero-order valence-electron chi connectivity index (χ0n) is 51.3. The van der Waals surface area contributed by atoms with Gasteiger partial charge in [-0.25, -0.2) is 0 Å². The van der Waals surface area contributed by atoms with Gasteiger partial charge in [0.25, 0.3) is 17.5 Å². The Balaban J connectivity index is 1.27. The fraction of sp³-hybridized carbons (Fsp3) is 0.516. The number of aliphatic imine (C=N–C) groups is 1. The third kappa shape index (κ3) is 17.1. The molecule has 5 heterocycles. The highest BCUT2D eigenvalue weighted by atomic mass is 32.2. The van der Waals surface area contributed by atoms with Crippen molar-refractivity contribution in [2.75, 3.05) is 38.5 Å². The van der Waals surface area contributed by atoms with Crippen molar-refractivity contribution in [2.24, 2.45) is 34.4 Å². The fourth-order valence-electron chi connectivity index (χ4n) is 11.9. The molecule has 2 aromatic carbocycles. The molecular weight excluding hydrogens is 1220 g/mol. The lowest BCUT2D eigenvalue weighted by Crippen LogP contribution is -2.61. The third-order valence-corrected chi connectivity index (χ3v) is 19.0. The molecule has 2 bridgehead atoms. The molecule has 10 atom stereocenters. The van der Waals surface area contributed by atoms with Crippen LogP contribution in [0.4, 0.5) is 5.69 Å². The summed E-state index contributed by atoms with van der Waals surface area (Å²) >= 11 is 0. The molecule has 1 unspecified atom stereocenters. The summed E-state index contributed by atoms with van der Waals surface area (Å²) < 4.78 is 15.0. The number of hydrogen-bond donors (Lipinski definition) is 9. The predicted octanol–water partition coefficient (Wildman–Crippen LogP) is 0.352. The van der Waals surface area contributed by atoms with E-state index in [1.807, 2.05) is 0 Å². The van der Waals surface area contributed by atoms with Gasteiger partial charge in [-0.2, -0.15) is 0 Å². The van der Waals surface area contributed by atoms with Gasteiger partial charge in [-0.1, -0.05) is 39.7 Å². The van der Waals surface area contributed by atoms with Crippen LogP contribution in [0, 0.1) is 33.8 Å². The number of imide groups is 1. The second kappa shape index (κ2) is 30.9. The van der Waals surface area contributed by atoms with Crippen molar-refractivity contribution in [3.63, 3.8) is 0 Å². The number of amides is 8. The molecule has 10 N–H and O–H groups in total. The Kier molecular flexibility index (Phi) is 23.6. The van der Waals surface area contributed by atoms with E-state index >= 15 is 9.00 Å². The lowest BCUT2D eigenvalue weighted by Gasteiger charge is -2.35. The summed E-state index contributed by atoms with van der Waals surface area (Å²) in [5, 5.41) is 55.4. The standard InChI is InChI=1S/C62H76N10O19S/c1-5-32(2)62(4)61(88)65-27-39(76)21-36-31-92(91)59-43(41-13-11-38(75)24-44(41)67-59)22-35(49(78)14-15-53(82)69-62)23-50(79)56(68-58(86)48-25-40(77)29-71(48)60(87)45(26-52(63)81)66-57(36)85)33(3)46(30-73)64-28-51(80)42-12-10-34(20-47(42)72(89)90)19-37(74)9-7-6-8-18-70-54(83)16-17-55(70)84/h10-13,16-17,20,24,32-33,35-36,40,45,48,56,67,73,75,77H,5-9,14-15,18-19,21-23,25-31H2,1-4H3,(H2,63,81)(H,65,88)(H,66,85)(H,68,86)(H,69,82)/t32-,33-,35-,36-,40-,45+,48+,56+,62+,92?/m1/s1. The Morgan fingerprint density at radius 2 is 1.62 bits per heavy atom. The number of nitro groups is 1. The number of H-pyrrole nitrogens is 1. The van der Waals surface area contributed by atoms with Gasteiger partial charge in [-0.05, 0) is 61.4 Å². The number of primary amides is 1. The summed E-state index contributed by atoms with van der Waals surface area (Å²) in [6, 6.07) is 2.08. The minimum absolute atomic E-state index is 0.0755. The highest BCUT2D eigenvalue weighted by molar-refractivity contribution is 7.85. The number of phenolic OH excluding ortho intramolecular Hbond substituents is 1. The van der Waals surface area contributed by atoms with Crippen LogP contribution < -0.4 is 27.0 Å². The molecule has 4 aliphatic rings. The van der Waals surface area contributed by atoms with E-state index in [2.05, 4.69) is 31.2 Å². The molecule has 8 amide bonds. The molecule has 1 fully saturated rings. The number of fused-ring (bicyclic) bond motifs is 5. The topological polar surface area (TPSA) is 452 Å². The molecular formula is C62H76N10O19S.